The summed E-state index contributed by atoms with van der Waals surface area (Å²) in [6.45, 7) is 0.406. The molecule has 17 heavy (non-hydrogen) atoms. The van der Waals surface area contributed by atoms with Crippen molar-refractivity contribution < 1.29 is 4.39 Å². The summed E-state index contributed by atoms with van der Waals surface area (Å²) in [5.41, 5.74) is 2.79. The van der Waals surface area contributed by atoms with E-state index in [1.165, 1.54) is 12.1 Å². The van der Waals surface area contributed by atoms with Gasteiger partial charge in [-0.15, -0.1) is 0 Å². The van der Waals surface area contributed by atoms with E-state index in [1.807, 2.05) is 6.07 Å². The molecule has 0 saturated carbocycles. The fourth-order valence-electron chi connectivity index (χ4n) is 2.41. The maximum atomic E-state index is 13.0. The van der Waals surface area contributed by atoms with Gasteiger partial charge >= 0.3 is 0 Å². The van der Waals surface area contributed by atoms with E-state index in [2.05, 4.69) is 5.10 Å². The van der Waals surface area contributed by atoms with Crippen LogP contribution in [0.1, 0.15) is 23.2 Å². The third kappa shape index (κ3) is 1.79. The predicted molar refractivity (Wildman–Crippen MR) is 62.6 cm³/mol. The SMILES string of the molecule is O=c1c2c([nH]n1Cc1cccc(F)c1)CCC2. The second-order valence-electron chi connectivity index (χ2n) is 4.44. The van der Waals surface area contributed by atoms with Crippen molar-refractivity contribution in [1.29, 1.82) is 0 Å². The fourth-order valence-corrected chi connectivity index (χ4v) is 2.41. The summed E-state index contributed by atoms with van der Waals surface area (Å²) < 4.78 is 14.6. The summed E-state index contributed by atoms with van der Waals surface area (Å²) in [6.07, 6.45) is 2.86. The van der Waals surface area contributed by atoms with Gasteiger partial charge in [-0.3, -0.25) is 9.89 Å². The molecular weight excluding hydrogens is 219 g/mol. The van der Waals surface area contributed by atoms with Crippen LogP contribution in [0.25, 0.3) is 0 Å². The van der Waals surface area contributed by atoms with Crippen LogP contribution in [-0.2, 0) is 19.4 Å². The van der Waals surface area contributed by atoms with Gasteiger partial charge in [0.15, 0.2) is 0 Å². The van der Waals surface area contributed by atoms with E-state index in [1.54, 1.807) is 10.7 Å². The standard InChI is InChI=1S/C13H13FN2O/c14-10-4-1-3-9(7-10)8-16-13(17)11-5-2-6-12(11)15-16/h1,3-4,7,15H,2,5-6,8H2. The van der Waals surface area contributed by atoms with Crippen molar-refractivity contribution in [3.63, 3.8) is 0 Å². The summed E-state index contributed by atoms with van der Waals surface area (Å²) in [7, 11) is 0. The summed E-state index contributed by atoms with van der Waals surface area (Å²) >= 11 is 0. The monoisotopic (exact) mass is 232 g/mol. The molecule has 0 bridgehead atoms. The molecule has 4 heteroatoms. The van der Waals surface area contributed by atoms with Crippen molar-refractivity contribution in [2.45, 2.75) is 25.8 Å². The van der Waals surface area contributed by atoms with E-state index < -0.39 is 0 Å². The molecule has 0 amide bonds. The van der Waals surface area contributed by atoms with Crippen LogP contribution in [0.5, 0.6) is 0 Å². The maximum Gasteiger partial charge on any atom is 0.270 e. The zero-order chi connectivity index (χ0) is 11.8. The van der Waals surface area contributed by atoms with Crippen molar-refractivity contribution in [2.75, 3.05) is 0 Å². The molecule has 0 spiro atoms. The number of benzene rings is 1. The van der Waals surface area contributed by atoms with Crippen LogP contribution >= 0.6 is 0 Å². The average Bonchev–Trinajstić information content (AvgIpc) is 2.84. The van der Waals surface area contributed by atoms with Crippen LogP contribution in [-0.4, -0.2) is 9.78 Å². The highest BCUT2D eigenvalue weighted by Gasteiger charge is 2.18. The molecule has 1 aromatic carbocycles. The quantitative estimate of drug-likeness (QED) is 0.843. The molecule has 0 atom stereocenters. The molecule has 88 valence electrons. The number of nitrogens with one attached hydrogen (secondary N) is 1. The van der Waals surface area contributed by atoms with Gasteiger partial charge in [-0.1, -0.05) is 12.1 Å². The number of nitrogens with zero attached hydrogens (tertiary/aromatic N) is 1. The molecule has 0 radical (unpaired) electrons. The molecule has 1 aliphatic rings. The number of hydrogen-bond acceptors (Lipinski definition) is 1. The molecule has 3 rings (SSSR count). The van der Waals surface area contributed by atoms with Gasteiger partial charge in [0.2, 0.25) is 0 Å². The highest BCUT2D eigenvalue weighted by molar-refractivity contribution is 5.23. The van der Waals surface area contributed by atoms with E-state index in [4.69, 9.17) is 0 Å². The number of aryl methyl sites for hydroxylation is 1. The minimum atomic E-state index is -0.269. The van der Waals surface area contributed by atoms with E-state index in [-0.39, 0.29) is 11.4 Å². The number of rotatable bonds is 2. The molecule has 1 aliphatic carbocycles. The molecule has 0 saturated heterocycles. The molecule has 0 fully saturated rings. The largest absolute Gasteiger partial charge is 0.299 e. The zero-order valence-electron chi connectivity index (χ0n) is 9.37. The topological polar surface area (TPSA) is 37.8 Å². The van der Waals surface area contributed by atoms with Gasteiger partial charge < -0.3 is 0 Å². The van der Waals surface area contributed by atoms with Crippen molar-refractivity contribution >= 4 is 0 Å². The van der Waals surface area contributed by atoms with Gasteiger partial charge in [-0.2, -0.15) is 0 Å². The Labute approximate surface area is 97.9 Å². The summed E-state index contributed by atoms with van der Waals surface area (Å²) in [4.78, 5) is 12.0. The lowest BCUT2D eigenvalue weighted by molar-refractivity contribution is 0.612. The zero-order valence-corrected chi connectivity index (χ0v) is 9.37. The van der Waals surface area contributed by atoms with E-state index >= 15 is 0 Å². The molecule has 2 aromatic rings. The average molecular weight is 232 g/mol. The third-order valence-corrected chi connectivity index (χ3v) is 3.22. The Kier molecular flexibility index (Phi) is 2.35. The fraction of sp³-hybridized carbons (Fsp3) is 0.308. The van der Waals surface area contributed by atoms with E-state index in [0.717, 1.165) is 36.1 Å². The predicted octanol–water partition coefficient (Wildman–Crippen LogP) is 1.85. The summed E-state index contributed by atoms with van der Waals surface area (Å²) in [6, 6.07) is 6.34. The van der Waals surface area contributed by atoms with E-state index in [9.17, 15) is 9.18 Å². The first kappa shape index (κ1) is 10.3. The summed E-state index contributed by atoms with van der Waals surface area (Å²) in [5, 5.41) is 3.11. The molecule has 0 aliphatic heterocycles. The Morgan fingerprint density at radius 3 is 3.00 bits per heavy atom. The second-order valence-corrected chi connectivity index (χ2v) is 4.44. The highest BCUT2D eigenvalue weighted by atomic mass is 19.1. The Balaban J connectivity index is 1.94. The minimum Gasteiger partial charge on any atom is -0.299 e. The lowest BCUT2D eigenvalue weighted by Gasteiger charge is -2.02. The van der Waals surface area contributed by atoms with Crippen LogP contribution in [0.2, 0.25) is 0 Å². The Morgan fingerprint density at radius 2 is 2.24 bits per heavy atom. The Hall–Kier alpha value is -1.84. The lowest BCUT2D eigenvalue weighted by atomic mass is 10.2. The number of halogens is 1. The smallest absolute Gasteiger partial charge is 0.270 e. The van der Waals surface area contributed by atoms with Crippen molar-refractivity contribution in [2.24, 2.45) is 0 Å². The number of H-pyrrole nitrogens is 1. The van der Waals surface area contributed by atoms with Gasteiger partial charge in [-0.25, -0.2) is 9.07 Å². The van der Waals surface area contributed by atoms with Crippen molar-refractivity contribution in [1.82, 2.24) is 9.78 Å². The number of hydrogen-bond donors (Lipinski definition) is 1. The lowest BCUT2D eigenvalue weighted by Crippen LogP contribution is -2.19. The van der Waals surface area contributed by atoms with Crippen LogP contribution in [0.3, 0.4) is 0 Å². The normalized spacial score (nSPS) is 13.9. The number of fused-ring (bicyclic) bond motifs is 1. The van der Waals surface area contributed by atoms with Crippen LogP contribution in [0.15, 0.2) is 29.1 Å². The van der Waals surface area contributed by atoms with Gasteiger partial charge in [0.05, 0.1) is 6.54 Å². The highest BCUT2D eigenvalue weighted by Crippen LogP contribution is 2.16. The van der Waals surface area contributed by atoms with Gasteiger partial charge in [0.1, 0.15) is 5.82 Å². The number of aromatic nitrogens is 2. The first-order valence-corrected chi connectivity index (χ1v) is 5.79. The Morgan fingerprint density at radius 1 is 1.35 bits per heavy atom. The van der Waals surface area contributed by atoms with Gasteiger partial charge in [0.25, 0.3) is 5.56 Å². The van der Waals surface area contributed by atoms with Crippen LogP contribution < -0.4 is 5.56 Å². The molecule has 1 N–H and O–H groups in total. The first-order chi connectivity index (χ1) is 8.24. The number of aromatic amines is 1. The third-order valence-electron chi connectivity index (χ3n) is 3.22. The Bertz CT molecular complexity index is 612. The summed E-state index contributed by atoms with van der Waals surface area (Å²) in [5.74, 6) is -0.269. The minimum absolute atomic E-state index is 0.0433. The maximum absolute atomic E-state index is 13.0. The molecule has 1 aromatic heterocycles. The van der Waals surface area contributed by atoms with Gasteiger partial charge in [0, 0.05) is 11.3 Å². The van der Waals surface area contributed by atoms with Crippen molar-refractivity contribution in [3.8, 4) is 0 Å². The first-order valence-electron chi connectivity index (χ1n) is 5.79. The molecule has 1 heterocycles. The molecular formula is C13H13FN2O. The second kappa shape index (κ2) is 3.87. The van der Waals surface area contributed by atoms with Crippen molar-refractivity contribution in [3.05, 3.63) is 57.3 Å². The van der Waals surface area contributed by atoms with Crippen LogP contribution in [0.4, 0.5) is 4.39 Å². The van der Waals surface area contributed by atoms with Gasteiger partial charge in [-0.05, 0) is 37.0 Å². The molecule has 3 nitrogen and oxygen atoms in total. The molecule has 0 unspecified atom stereocenters. The van der Waals surface area contributed by atoms with E-state index in [0.29, 0.717) is 6.54 Å². The van der Waals surface area contributed by atoms with Crippen LogP contribution in [0, 0.1) is 5.82 Å².